The molecule has 1 atom stereocenters. The molecule has 0 bridgehead atoms. The normalized spacial score (nSPS) is 19.7. The minimum absolute atomic E-state index is 0.0551. The lowest BCUT2D eigenvalue weighted by atomic mass is 9.97. The number of morpholine rings is 1. The summed E-state index contributed by atoms with van der Waals surface area (Å²) in [6.45, 7) is 6.39. The number of hydrogen-bond acceptors (Lipinski definition) is 6. The molecule has 2 amide bonds. The van der Waals surface area contributed by atoms with Crippen molar-refractivity contribution in [1.82, 2.24) is 14.7 Å². The Morgan fingerprint density at radius 2 is 1.71 bits per heavy atom. The summed E-state index contributed by atoms with van der Waals surface area (Å²) in [4.78, 5) is 31.6. The van der Waals surface area contributed by atoms with Gasteiger partial charge in [0.2, 0.25) is 5.91 Å². The Morgan fingerprint density at radius 3 is 2.54 bits per heavy atom. The molecule has 8 heteroatoms. The zero-order valence-electron chi connectivity index (χ0n) is 20.1. The molecule has 3 aliphatic rings. The lowest BCUT2D eigenvalue weighted by Crippen LogP contribution is -2.46. The third-order valence-electron chi connectivity index (χ3n) is 7.14. The van der Waals surface area contributed by atoms with Crippen LogP contribution in [0.4, 0.5) is 5.69 Å². The molecule has 5 rings (SSSR count). The third kappa shape index (κ3) is 5.90. The zero-order valence-corrected chi connectivity index (χ0v) is 20.1. The van der Waals surface area contributed by atoms with Crippen molar-refractivity contribution in [1.29, 1.82) is 0 Å². The molecule has 0 aliphatic carbocycles. The Labute approximate surface area is 206 Å². The molecule has 1 unspecified atom stereocenters. The highest BCUT2D eigenvalue weighted by Gasteiger charge is 2.27. The van der Waals surface area contributed by atoms with Crippen LogP contribution in [0, 0.1) is 0 Å². The standard InChI is InChI=1S/C27H34N4O4/c32-24(17-30-9-7-20-3-1-2-4-22(20)16-30)18-31-10-8-21-15-23(5-6-25(21)27(31)34)28-26(33)19-29-11-13-35-14-12-29/h1-6,15,24,32H,7-14,16-19H2,(H,28,33). The van der Waals surface area contributed by atoms with Crippen LogP contribution in [-0.4, -0.2) is 96.8 Å². The van der Waals surface area contributed by atoms with E-state index in [2.05, 4.69) is 39.4 Å². The highest BCUT2D eigenvalue weighted by molar-refractivity contribution is 5.98. The minimum Gasteiger partial charge on any atom is -0.390 e. The Hall–Kier alpha value is -2.78. The molecule has 3 aliphatic heterocycles. The van der Waals surface area contributed by atoms with Crippen molar-refractivity contribution in [3.8, 4) is 0 Å². The summed E-state index contributed by atoms with van der Waals surface area (Å²) in [5.74, 6) is -0.112. The van der Waals surface area contributed by atoms with Gasteiger partial charge < -0.3 is 20.1 Å². The van der Waals surface area contributed by atoms with Crippen LogP contribution < -0.4 is 5.32 Å². The number of aliphatic hydroxyl groups excluding tert-OH is 1. The van der Waals surface area contributed by atoms with Gasteiger partial charge in [0, 0.05) is 57.1 Å². The maximum absolute atomic E-state index is 13.1. The molecule has 2 N–H and O–H groups in total. The zero-order chi connectivity index (χ0) is 24.2. The molecule has 0 radical (unpaired) electrons. The van der Waals surface area contributed by atoms with Crippen molar-refractivity contribution in [2.75, 3.05) is 64.3 Å². The molecule has 0 spiro atoms. The Balaban J connectivity index is 1.13. The predicted molar refractivity (Wildman–Crippen MR) is 133 cm³/mol. The molecule has 1 saturated heterocycles. The first-order valence-electron chi connectivity index (χ1n) is 12.5. The van der Waals surface area contributed by atoms with Gasteiger partial charge in [0.05, 0.1) is 25.9 Å². The van der Waals surface area contributed by atoms with Crippen molar-refractivity contribution < 1.29 is 19.4 Å². The fourth-order valence-electron chi connectivity index (χ4n) is 5.27. The molecular formula is C27H34N4O4. The maximum atomic E-state index is 13.1. The van der Waals surface area contributed by atoms with Crippen LogP contribution in [0.5, 0.6) is 0 Å². The van der Waals surface area contributed by atoms with Gasteiger partial charge in [0.15, 0.2) is 0 Å². The van der Waals surface area contributed by atoms with Crippen LogP contribution in [-0.2, 0) is 28.9 Å². The average Bonchev–Trinajstić information content (AvgIpc) is 2.86. The number of β-amino-alcohol motifs (C(OH)–C–C–N with tert-alkyl or cyclic N) is 1. The summed E-state index contributed by atoms with van der Waals surface area (Å²) in [6.07, 6.45) is 1.10. The summed E-state index contributed by atoms with van der Waals surface area (Å²) in [6, 6.07) is 14.0. The quantitative estimate of drug-likeness (QED) is 0.626. The first-order chi connectivity index (χ1) is 17.0. The van der Waals surface area contributed by atoms with Crippen molar-refractivity contribution in [3.63, 3.8) is 0 Å². The van der Waals surface area contributed by atoms with E-state index in [9.17, 15) is 14.7 Å². The van der Waals surface area contributed by atoms with E-state index < -0.39 is 6.10 Å². The summed E-state index contributed by atoms with van der Waals surface area (Å²) >= 11 is 0. The van der Waals surface area contributed by atoms with E-state index in [1.807, 2.05) is 6.07 Å². The van der Waals surface area contributed by atoms with Crippen LogP contribution in [0.1, 0.15) is 27.0 Å². The number of fused-ring (bicyclic) bond motifs is 2. The molecule has 1 fully saturated rings. The smallest absolute Gasteiger partial charge is 0.254 e. The maximum Gasteiger partial charge on any atom is 0.254 e. The molecule has 186 valence electrons. The lowest BCUT2D eigenvalue weighted by molar-refractivity contribution is -0.118. The summed E-state index contributed by atoms with van der Waals surface area (Å²) in [5.41, 5.74) is 5.02. The Kier molecular flexibility index (Phi) is 7.43. The molecule has 2 aromatic rings. The molecule has 2 aromatic carbocycles. The van der Waals surface area contributed by atoms with Crippen molar-refractivity contribution in [2.24, 2.45) is 0 Å². The van der Waals surface area contributed by atoms with E-state index >= 15 is 0 Å². The highest BCUT2D eigenvalue weighted by atomic mass is 16.5. The number of nitrogens with one attached hydrogen (secondary N) is 1. The monoisotopic (exact) mass is 478 g/mol. The molecular weight excluding hydrogens is 444 g/mol. The minimum atomic E-state index is -0.593. The fraction of sp³-hybridized carbons (Fsp3) is 0.481. The molecule has 3 heterocycles. The number of anilines is 1. The SMILES string of the molecule is O=C(CN1CCOCC1)Nc1ccc2c(c1)CCN(CC(O)CN1CCc3ccccc3C1)C2=O. The molecule has 0 aromatic heterocycles. The highest BCUT2D eigenvalue weighted by Crippen LogP contribution is 2.24. The van der Waals surface area contributed by atoms with E-state index in [4.69, 9.17) is 4.74 Å². The Morgan fingerprint density at radius 1 is 0.943 bits per heavy atom. The van der Waals surface area contributed by atoms with Gasteiger partial charge in [-0.1, -0.05) is 24.3 Å². The number of benzene rings is 2. The summed E-state index contributed by atoms with van der Waals surface area (Å²) < 4.78 is 5.33. The summed E-state index contributed by atoms with van der Waals surface area (Å²) in [7, 11) is 0. The average molecular weight is 479 g/mol. The second-order valence-corrected chi connectivity index (χ2v) is 9.72. The van der Waals surface area contributed by atoms with Crippen LogP contribution in [0.15, 0.2) is 42.5 Å². The first kappa shape index (κ1) is 23.9. The molecule has 8 nitrogen and oxygen atoms in total. The summed E-state index contributed by atoms with van der Waals surface area (Å²) in [5, 5.41) is 13.7. The fourth-order valence-corrected chi connectivity index (χ4v) is 5.27. The number of nitrogens with zero attached hydrogens (tertiary/aromatic N) is 3. The van der Waals surface area contributed by atoms with E-state index in [1.165, 1.54) is 11.1 Å². The number of amides is 2. The Bertz CT molecular complexity index is 1070. The topological polar surface area (TPSA) is 85.3 Å². The van der Waals surface area contributed by atoms with Gasteiger partial charge in [0.25, 0.3) is 5.91 Å². The molecule has 35 heavy (non-hydrogen) atoms. The van der Waals surface area contributed by atoms with E-state index in [-0.39, 0.29) is 11.8 Å². The van der Waals surface area contributed by atoms with Crippen LogP contribution in [0.25, 0.3) is 0 Å². The number of carbonyl (C=O) groups excluding carboxylic acids is 2. The second-order valence-electron chi connectivity index (χ2n) is 9.72. The number of carbonyl (C=O) groups is 2. The van der Waals surface area contributed by atoms with Crippen molar-refractivity contribution >= 4 is 17.5 Å². The number of rotatable bonds is 7. The van der Waals surface area contributed by atoms with Gasteiger partial charge in [-0.2, -0.15) is 0 Å². The number of hydrogen-bond donors (Lipinski definition) is 2. The van der Waals surface area contributed by atoms with Crippen LogP contribution in [0.2, 0.25) is 0 Å². The van der Waals surface area contributed by atoms with E-state index in [0.29, 0.717) is 57.1 Å². The second kappa shape index (κ2) is 10.9. The van der Waals surface area contributed by atoms with Crippen molar-refractivity contribution in [2.45, 2.75) is 25.5 Å². The largest absolute Gasteiger partial charge is 0.390 e. The first-order valence-corrected chi connectivity index (χ1v) is 12.5. The molecule has 0 saturated carbocycles. The van der Waals surface area contributed by atoms with Crippen molar-refractivity contribution in [3.05, 3.63) is 64.7 Å². The van der Waals surface area contributed by atoms with Crippen LogP contribution in [0.3, 0.4) is 0 Å². The van der Waals surface area contributed by atoms with E-state index in [0.717, 1.165) is 38.2 Å². The van der Waals surface area contributed by atoms with Gasteiger partial charge in [-0.05, 0) is 47.7 Å². The van der Waals surface area contributed by atoms with Crippen LogP contribution >= 0.6 is 0 Å². The van der Waals surface area contributed by atoms with Gasteiger partial charge >= 0.3 is 0 Å². The van der Waals surface area contributed by atoms with Gasteiger partial charge in [0.1, 0.15) is 0 Å². The predicted octanol–water partition coefficient (Wildman–Crippen LogP) is 1.37. The van der Waals surface area contributed by atoms with Gasteiger partial charge in [-0.25, -0.2) is 0 Å². The number of aliphatic hydroxyl groups is 1. The van der Waals surface area contributed by atoms with Gasteiger partial charge in [-0.15, -0.1) is 0 Å². The van der Waals surface area contributed by atoms with Gasteiger partial charge in [-0.3, -0.25) is 19.4 Å². The lowest BCUT2D eigenvalue weighted by Gasteiger charge is -2.34. The van der Waals surface area contributed by atoms with E-state index in [1.54, 1.807) is 17.0 Å². The number of ether oxygens (including phenoxy) is 1. The third-order valence-corrected chi connectivity index (χ3v) is 7.14.